The number of hydrogen-bond acceptors (Lipinski definition) is 3. The molecule has 0 aromatic heterocycles. The summed E-state index contributed by atoms with van der Waals surface area (Å²) in [6, 6.07) is 16.3. The Morgan fingerprint density at radius 3 is 2.13 bits per heavy atom. The van der Waals surface area contributed by atoms with Crippen molar-refractivity contribution in [2.24, 2.45) is 4.99 Å². The maximum absolute atomic E-state index is 13.2. The summed E-state index contributed by atoms with van der Waals surface area (Å²) in [4.78, 5) is 19.4. The van der Waals surface area contributed by atoms with Gasteiger partial charge in [-0.15, -0.1) is 0 Å². The lowest BCUT2D eigenvalue weighted by atomic mass is 10.0. The van der Waals surface area contributed by atoms with E-state index in [9.17, 15) is 4.79 Å². The fourth-order valence-electron chi connectivity index (χ4n) is 3.28. The Hall–Kier alpha value is -2.62. The number of rotatable bonds is 1. The van der Waals surface area contributed by atoms with Crippen molar-refractivity contribution in [1.29, 1.82) is 0 Å². The first-order valence-corrected chi connectivity index (χ1v) is 8.13. The largest absolute Gasteiger partial charge is 0.366 e. The molecule has 4 nitrogen and oxygen atoms in total. The number of fused-ring (bicyclic) bond motifs is 2. The third kappa shape index (κ3) is 2.50. The number of anilines is 2. The predicted octanol–water partition coefficient (Wildman–Crippen LogP) is 2.84. The van der Waals surface area contributed by atoms with Gasteiger partial charge in [0.05, 0.1) is 11.4 Å². The summed E-state index contributed by atoms with van der Waals surface area (Å²) in [5, 5.41) is 3.16. The number of nitrogens with one attached hydrogen (secondary N) is 1. The molecule has 0 saturated carbocycles. The lowest BCUT2D eigenvalue weighted by Gasteiger charge is -2.26. The molecule has 1 N–H and O–H groups in total. The van der Waals surface area contributed by atoms with Crippen LogP contribution in [0.5, 0.6) is 0 Å². The van der Waals surface area contributed by atoms with Crippen molar-refractivity contribution in [3.05, 3.63) is 59.7 Å². The van der Waals surface area contributed by atoms with Gasteiger partial charge in [-0.05, 0) is 42.5 Å². The van der Waals surface area contributed by atoms with Crippen molar-refractivity contribution in [3.63, 3.8) is 0 Å². The van der Waals surface area contributed by atoms with E-state index in [1.165, 1.54) is 11.1 Å². The number of nitrogens with zero attached hydrogens (tertiary/aromatic N) is 2. The van der Waals surface area contributed by atoms with Gasteiger partial charge in [0.2, 0.25) is 0 Å². The molecular weight excluding hydrogens is 286 g/mol. The summed E-state index contributed by atoms with van der Waals surface area (Å²) in [7, 11) is 0. The third-order valence-corrected chi connectivity index (χ3v) is 4.43. The molecule has 2 aliphatic rings. The average Bonchev–Trinajstić information content (AvgIpc) is 2.79. The van der Waals surface area contributed by atoms with Crippen LogP contribution in [0.2, 0.25) is 0 Å². The molecule has 0 saturated heterocycles. The third-order valence-electron chi connectivity index (χ3n) is 4.43. The summed E-state index contributed by atoms with van der Waals surface area (Å²) < 4.78 is 0. The molecule has 2 aromatic carbocycles. The summed E-state index contributed by atoms with van der Waals surface area (Å²) in [6.45, 7) is 1.52. The van der Waals surface area contributed by atoms with Crippen molar-refractivity contribution in [2.75, 3.05) is 18.0 Å². The van der Waals surface area contributed by atoms with Crippen LogP contribution >= 0.6 is 0 Å². The van der Waals surface area contributed by atoms with E-state index in [2.05, 4.69) is 22.4 Å². The summed E-state index contributed by atoms with van der Waals surface area (Å²) >= 11 is 0. The summed E-state index contributed by atoms with van der Waals surface area (Å²) in [5.74, 6) is 0.411. The molecule has 0 aliphatic carbocycles. The highest BCUT2D eigenvalue weighted by molar-refractivity contribution is 6.44. The monoisotopic (exact) mass is 305 g/mol. The van der Waals surface area contributed by atoms with E-state index in [1.807, 2.05) is 41.3 Å². The smallest absolute Gasteiger partial charge is 0.297 e. The fourth-order valence-corrected chi connectivity index (χ4v) is 3.28. The Bertz CT molecular complexity index is 734. The van der Waals surface area contributed by atoms with E-state index >= 15 is 0 Å². The van der Waals surface area contributed by atoms with Gasteiger partial charge in [-0.1, -0.05) is 36.4 Å². The molecule has 2 aromatic rings. The first-order chi connectivity index (χ1) is 11.3. The van der Waals surface area contributed by atoms with E-state index in [-0.39, 0.29) is 5.91 Å². The Labute approximate surface area is 135 Å². The topological polar surface area (TPSA) is 44.7 Å². The quantitative estimate of drug-likeness (QED) is 0.880. The second-order valence-corrected chi connectivity index (χ2v) is 5.91. The van der Waals surface area contributed by atoms with E-state index in [0.717, 1.165) is 37.2 Å². The van der Waals surface area contributed by atoms with Gasteiger partial charge >= 0.3 is 0 Å². The van der Waals surface area contributed by atoms with Crippen LogP contribution in [0.3, 0.4) is 0 Å². The van der Waals surface area contributed by atoms with Crippen molar-refractivity contribution >= 4 is 23.1 Å². The van der Waals surface area contributed by atoms with Gasteiger partial charge < -0.3 is 5.32 Å². The van der Waals surface area contributed by atoms with Crippen LogP contribution in [0.15, 0.2) is 53.5 Å². The van der Waals surface area contributed by atoms with Gasteiger partial charge in [-0.2, -0.15) is 0 Å². The Balaban J connectivity index is 1.86. The van der Waals surface area contributed by atoms with Crippen LogP contribution in [0.25, 0.3) is 0 Å². The van der Waals surface area contributed by atoms with Crippen molar-refractivity contribution in [2.45, 2.75) is 19.3 Å². The van der Waals surface area contributed by atoms with Crippen LogP contribution in [0.1, 0.15) is 17.5 Å². The number of amidine groups is 1. The predicted molar refractivity (Wildman–Crippen MR) is 92.4 cm³/mol. The lowest BCUT2D eigenvalue weighted by molar-refractivity contribution is -0.112. The molecule has 2 aliphatic heterocycles. The fraction of sp³-hybridized carbons (Fsp3) is 0.263. The molecule has 1 amide bonds. The Morgan fingerprint density at radius 1 is 0.957 bits per heavy atom. The second kappa shape index (κ2) is 5.88. The molecule has 0 unspecified atom stereocenters. The van der Waals surface area contributed by atoms with Crippen molar-refractivity contribution in [1.82, 2.24) is 5.32 Å². The maximum Gasteiger partial charge on any atom is 0.297 e. The van der Waals surface area contributed by atoms with Gasteiger partial charge in [0, 0.05) is 13.1 Å². The van der Waals surface area contributed by atoms with E-state index in [0.29, 0.717) is 12.4 Å². The van der Waals surface area contributed by atoms with Gasteiger partial charge in [0.15, 0.2) is 5.84 Å². The van der Waals surface area contributed by atoms with E-state index < -0.39 is 0 Å². The number of amides is 1. The molecule has 0 atom stereocenters. The minimum atomic E-state index is -0.0634. The zero-order valence-electron chi connectivity index (χ0n) is 13.0. The van der Waals surface area contributed by atoms with Crippen LogP contribution < -0.4 is 10.2 Å². The molecule has 0 fully saturated rings. The SMILES string of the molecule is O=C(C1=NCCCN1)N1c2ccccc2CCc2ccccc21. The highest BCUT2D eigenvalue weighted by Crippen LogP contribution is 2.36. The van der Waals surface area contributed by atoms with Gasteiger partial charge in [0.1, 0.15) is 0 Å². The number of benzene rings is 2. The molecule has 0 bridgehead atoms. The molecule has 116 valence electrons. The summed E-state index contributed by atoms with van der Waals surface area (Å²) in [6.07, 6.45) is 2.86. The van der Waals surface area contributed by atoms with Crippen LogP contribution in [0.4, 0.5) is 11.4 Å². The lowest BCUT2D eigenvalue weighted by Crippen LogP contribution is -2.43. The van der Waals surface area contributed by atoms with Crippen LogP contribution in [0, 0.1) is 0 Å². The number of para-hydroxylation sites is 2. The molecule has 4 rings (SSSR count). The van der Waals surface area contributed by atoms with Crippen molar-refractivity contribution < 1.29 is 4.79 Å². The standard InChI is InChI=1S/C19H19N3O/c23-19(18-20-12-5-13-21-18)22-16-8-3-1-6-14(16)10-11-15-7-2-4-9-17(15)22/h1-4,6-9H,5,10-13H2,(H,20,21). The van der Waals surface area contributed by atoms with Crippen molar-refractivity contribution in [3.8, 4) is 0 Å². The molecule has 0 radical (unpaired) electrons. The average molecular weight is 305 g/mol. The number of carbonyl (C=O) groups is 1. The zero-order valence-corrected chi connectivity index (χ0v) is 13.0. The highest BCUT2D eigenvalue weighted by atomic mass is 16.2. The number of hydrogen-bond donors (Lipinski definition) is 1. The minimum Gasteiger partial charge on any atom is -0.366 e. The molecule has 4 heteroatoms. The van der Waals surface area contributed by atoms with E-state index in [4.69, 9.17) is 0 Å². The van der Waals surface area contributed by atoms with E-state index in [1.54, 1.807) is 0 Å². The summed E-state index contributed by atoms with van der Waals surface area (Å²) in [5.41, 5.74) is 4.34. The normalized spacial score (nSPS) is 16.5. The Kier molecular flexibility index (Phi) is 3.58. The van der Waals surface area contributed by atoms with Gasteiger partial charge in [0.25, 0.3) is 5.91 Å². The van der Waals surface area contributed by atoms with Gasteiger partial charge in [-0.25, -0.2) is 0 Å². The second-order valence-electron chi connectivity index (χ2n) is 5.91. The molecule has 0 spiro atoms. The molecule has 2 heterocycles. The molecular formula is C19H19N3O. The highest BCUT2D eigenvalue weighted by Gasteiger charge is 2.29. The first-order valence-electron chi connectivity index (χ1n) is 8.13. The number of aliphatic imine (C=N–C) groups is 1. The minimum absolute atomic E-state index is 0.0634. The maximum atomic E-state index is 13.2. The molecule has 23 heavy (non-hydrogen) atoms. The Morgan fingerprint density at radius 2 is 1.57 bits per heavy atom. The number of aryl methyl sites for hydroxylation is 2. The van der Waals surface area contributed by atoms with Gasteiger partial charge in [-0.3, -0.25) is 14.7 Å². The van der Waals surface area contributed by atoms with Crippen LogP contribution in [-0.2, 0) is 17.6 Å². The first kappa shape index (κ1) is 14.0. The number of carbonyl (C=O) groups excluding carboxylic acids is 1. The zero-order chi connectivity index (χ0) is 15.6. The van der Waals surface area contributed by atoms with Crippen LogP contribution in [-0.4, -0.2) is 24.8 Å².